The van der Waals surface area contributed by atoms with Gasteiger partial charge >= 0.3 is 0 Å². The number of aryl methyl sites for hydroxylation is 1. The second kappa shape index (κ2) is 4.79. The van der Waals surface area contributed by atoms with Crippen LogP contribution in [0.2, 0.25) is 0 Å². The third kappa shape index (κ3) is 1.92. The molecule has 3 atom stereocenters. The molecule has 4 rings (SSSR count). The predicted molar refractivity (Wildman–Crippen MR) is 84.7 cm³/mol. The fourth-order valence-corrected chi connectivity index (χ4v) is 6.44. The van der Waals surface area contributed by atoms with Crippen LogP contribution in [0.25, 0.3) is 0 Å². The summed E-state index contributed by atoms with van der Waals surface area (Å²) >= 11 is 0. The van der Waals surface area contributed by atoms with Crippen molar-refractivity contribution in [3.63, 3.8) is 0 Å². The molecule has 0 aromatic heterocycles. The molecule has 1 heterocycles. The average Bonchev–Trinajstić information content (AvgIpc) is 2.45. The first-order valence-corrected chi connectivity index (χ1v) is 9.71. The Morgan fingerprint density at radius 1 is 1.27 bits per heavy atom. The van der Waals surface area contributed by atoms with Crippen LogP contribution in [-0.2, 0) is 22.0 Å². The third-order valence-electron chi connectivity index (χ3n) is 6.24. The van der Waals surface area contributed by atoms with Crippen molar-refractivity contribution in [2.45, 2.75) is 61.8 Å². The van der Waals surface area contributed by atoms with E-state index in [4.69, 9.17) is 0 Å². The normalized spacial score (nSPS) is 33.9. The third-order valence-corrected chi connectivity index (χ3v) is 7.32. The topological polar surface area (TPSA) is 66.4 Å². The fraction of sp³-hybridized carbons (Fsp3) is 0.647. The monoisotopic (exact) mass is 321 g/mol. The number of hydrogen-bond acceptors (Lipinski definition) is 3. The van der Waals surface area contributed by atoms with E-state index in [9.17, 15) is 13.0 Å². The highest BCUT2D eigenvalue weighted by atomic mass is 32.2. The van der Waals surface area contributed by atoms with E-state index in [1.165, 1.54) is 24.8 Å². The van der Waals surface area contributed by atoms with Crippen LogP contribution in [0.3, 0.4) is 0 Å². The lowest BCUT2D eigenvalue weighted by molar-refractivity contribution is 0.0787. The van der Waals surface area contributed by atoms with Crippen LogP contribution in [-0.4, -0.2) is 25.6 Å². The Morgan fingerprint density at radius 2 is 2.09 bits per heavy atom. The van der Waals surface area contributed by atoms with E-state index in [2.05, 4.69) is 11.4 Å². The number of hydrogen-bond donors (Lipinski definition) is 2. The van der Waals surface area contributed by atoms with Crippen molar-refractivity contribution in [1.82, 2.24) is 5.32 Å². The molecule has 2 aliphatic carbocycles. The van der Waals surface area contributed by atoms with Gasteiger partial charge in [0.15, 0.2) is 0 Å². The molecule has 0 amide bonds. The first-order chi connectivity index (χ1) is 10.4. The molecule has 1 saturated carbocycles. The van der Waals surface area contributed by atoms with Gasteiger partial charge in [0.25, 0.3) is 10.1 Å². The van der Waals surface area contributed by atoms with Gasteiger partial charge in [0.2, 0.25) is 0 Å². The minimum atomic E-state index is -4.17. The van der Waals surface area contributed by atoms with Crippen molar-refractivity contribution in [3.8, 4) is 0 Å². The summed E-state index contributed by atoms with van der Waals surface area (Å²) in [6, 6.07) is 4.37. The van der Waals surface area contributed by atoms with Crippen LogP contribution in [0.5, 0.6) is 0 Å². The Balaban J connectivity index is 1.99. The van der Waals surface area contributed by atoms with E-state index in [0.717, 1.165) is 31.4 Å². The first kappa shape index (κ1) is 14.7. The quantitative estimate of drug-likeness (QED) is 0.780. The second-order valence-corrected chi connectivity index (χ2v) is 8.59. The van der Waals surface area contributed by atoms with Gasteiger partial charge in [0.1, 0.15) is 4.90 Å². The predicted octanol–water partition coefficient (Wildman–Crippen LogP) is 2.59. The molecule has 1 aliphatic heterocycles. The van der Waals surface area contributed by atoms with Crippen molar-refractivity contribution in [1.29, 1.82) is 0 Å². The number of nitrogens with one attached hydrogen (secondary N) is 1. The molecule has 2 N–H and O–H groups in total. The average molecular weight is 321 g/mol. The molecule has 5 heteroatoms. The molecule has 2 bridgehead atoms. The van der Waals surface area contributed by atoms with Crippen LogP contribution in [0.4, 0.5) is 0 Å². The Morgan fingerprint density at radius 3 is 2.86 bits per heavy atom. The maximum Gasteiger partial charge on any atom is 0.295 e. The summed E-state index contributed by atoms with van der Waals surface area (Å²) < 4.78 is 33.6. The summed E-state index contributed by atoms with van der Waals surface area (Å²) in [5.74, 6) is 0.611. The highest BCUT2D eigenvalue weighted by Crippen LogP contribution is 2.54. The Bertz CT molecular complexity index is 724. The highest BCUT2D eigenvalue weighted by Gasteiger charge is 2.52. The van der Waals surface area contributed by atoms with Crippen LogP contribution >= 0.6 is 0 Å². The number of piperidine rings is 1. The van der Waals surface area contributed by atoms with Gasteiger partial charge in [-0.15, -0.1) is 0 Å². The van der Waals surface area contributed by atoms with E-state index < -0.39 is 10.1 Å². The highest BCUT2D eigenvalue weighted by molar-refractivity contribution is 7.86. The molecular weight excluding hydrogens is 298 g/mol. The smallest absolute Gasteiger partial charge is 0.295 e. The van der Waals surface area contributed by atoms with E-state index in [0.29, 0.717) is 17.5 Å². The number of rotatable bonds is 1. The summed E-state index contributed by atoms with van der Waals surface area (Å²) in [5.41, 5.74) is 2.85. The molecule has 0 unspecified atom stereocenters. The molecule has 0 radical (unpaired) electrons. The van der Waals surface area contributed by atoms with Crippen molar-refractivity contribution >= 4 is 10.1 Å². The van der Waals surface area contributed by atoms with Crippen LogP contribution in [0.15, 0.2) is 17.0 Å². The van der Waals surface area contributed by atoms with Gasteiger partial charge < -0.3 is 5.32 Å². The standard InChI is InChI=1S/C17H23NO3S/c1-11-5-6-13-12(16(11)22(19,20)21)10-15-14-4-2-3-7-17(13,14)8-9-18-15/h5-6,14-15,18H,2-4,7-10H2,1H3,(H,19,20,21)/t14-,15+,17-/m0/s1. The number of benzene rings is 1. The van der Waals surface area contributed by atoms with Crippen LogP contribution in [0, 0.1) is 12.8 Å². The van der Waals surface area contributed by atoms with Gasteiger partial charge in [0, 0.05) is 11.5 Å². The van der Waals surface area contributed by atoms with E-state index in [1.807, 2.05) is 6.07 Å². The summed E-state index contributed by atoms with van der Waals surface area (Å²) in [7, 11) is -4.17. The maximum atomic E-state index is 11.9. The van der Waals surface area contributed by atoms with Gasteiger partial charge in [-0.1, -0.05) is 25.0 Å². The zero-order valence-electron chi connectivity index (χ0n) is 12.9. The van der Waals surface area contributed by atoms with Gasteiger partial charge in [-0.3, -0.25) is 4.55 Å². The molecule has 0 spiro atoms. The Hall–Kier alpha value is -0.910. The Kier molecular flexibility index (Phi) is 3.19. The largest absolute Gasteiger partial charge is 0.313 e. The Labute approximate surface area is 132 Å². The maximum absolute atomic E-state index is 11.9. The summed E-state index contributed by atoms with van der Waals surface area (Å²) in [6.07, 6.45) is 6.67. The van der Waals surface area contributed by atoms with Crippen LogP contribution in [0.1, 0.15) is 48.8 Å². The minimum Gasteiger partial charge on any atom is -0.313 e. The van der Waals surface area contributed by atoms with Crippen molar-refractivity contribution in [2.75, 3.05) is 6.54 Å². The summed E-state index contributed by atoms with van der Waals surface area (Å²) in [6.45, 7) is 2.78. The molecule has 1 aromatic rings. The molecule has 3 aliphatic rings. The van der Waals surface area contributed by atoms with Gasteiger partial charge in [-0.2, -0.15) is 8.42 Å². The number of fused-ring (bicyclic) bond motifs is 1. The van der Waals surface area contributed by atoms with E-state index in [1.54, 1.807) is 6.92 Å². The zero-order chi connectivity index (χ0) is 15.5. The molecule has 120 valence electrons. The fourth-order valence-electron chi connectivity index (χ4n) is 5.46. The first-order valence-electron chi connectivity index (χ1n) is 8.27. The zero-order valence-corrected chi connectivity index (χ0v) is 13.7. The molecule has 4 nitrogen and oxygen atoms in total. The van der Waals surface area contributed by atoms with E-state index >= 15 is 0 Å². The van der Waals surface area contributed by atoms with Crippen LogP contribution < -0.4 is 5.32 Å². The van der Waals surface area contributed by atoms with Crippen molar-refractivity contribution in [3.05, 3.63) is 28.8 Å². The second-order valence-electron chi connectivity index (χ2n) is 7.24. The molecule has 22 heavy (non-hydrogen) atoms. The molecule has 1 aromatic carbocycles. The lowest BCUT2D eigenvalue weighted by atomic mass is 9.53. The van der Waals surface area contributed by atoms with Crippen molar-refractivity contribution < 1.29 is 13.0 Å². The van der Waals surface area contributed by atoms with Gasteiger partial charge in [-0.25, -0.2) is 0 Å². The molecule has 2 fully saturated rings. The summed E-state index contributed by atoms with van der Waals surface area (Å²) in [4.78, 5) is 0.169. The SMILES string of the molecule is Cc1ccc2c(c1S(=O)(=O)O)C[C@H]1NCC[C@@]23CCCC[C@@H]13. The minimum absolute atomic E-state index is 0.120. The molecular formula is C17H23NO3S. The van der Waals surface area contributed by atoms with E-state index in [-0.39, 0.29) is 10.3 Å². The lowest BCUT2D eigenvalue weighted by Gasteiger charge is -2.56. The molecule has 1 saturated heterocycles. The summed E-state index contributed by atoms with van der Waals surface area (Å²) in [5, 5.41) is 3.61. The van der Waals surface area contributed by atoms with Gasteiger partial charge in [-0.05, 0) is 61.8 Å². The lowest BCUT2D eigenvalue weighted by Crippen LogP contribution is -2.59. The van der Waals surface area contributed by atoms with Gasteiger partial charge in [0.05, 0.1) is 0 Å². The van der Waals surface area contributed by atoms with Crippen molar-refractivity contribution in [2.24, 2.45) is 5.92 Å².